The highest BCUT2D eigenvalue weighted by molar-refractivity contribution is 7.91. The zero-order chi connectivity index (χ0) is 15.9. The van der Waals surface area contributed by atoms with Crippen molar-refractivity contribution in [3.05, 3.63) is 0 Å². The van der Waals surface area contributed by atoms with Gasteiger partial charge in [0.1, 0.15) is 0 Å². The van der Waals surface area contributed by atoms with Gasteiger partial charge in [-0.15, -0.1) is 0 Å². The van der Waals surface area contributed by atoms with E-state index in [1.807, 2.05) is 11.9 Å². The van der Waals surface area contributed by atoms with Gasteiger partial charge in [-0.25, -0.2) is 8.42 Å². The average Bonchev–Trinajstić information content (AvgIpc) is 3.19. The summed E-state index contributed by atoms with van der Waals surface area (Å²) >= 11 is 0. The fourth-order valence-corrected chi connectivity index (χ4v) is 4.91. The Hall–Kier alpha value is -1.15. The maximum absolute atomic E-state index is 12.4. The van der Waals surface area contributed by atoms with Gasteiger partial charge in [0, 0.05) is 32.2 Å². The van der Waals surface area contributed by atoms with Crippen LogP contribution in [0.25, 0.3) is 0 Å². The molecule has 22 heavy (non-hydrogen) atoms. The number of hydrogen-bond acceptors (Lipinski definition) is 5. The molecule has 1 saturated carbocycles. The van der Waals surface area contributed by atoms with Crippen molar-refractivity contribution in [2.75, 3.05) is 44.7 Å². The summed E-state index contributed by atoms with van der Waals surface area (Å²) in [6, 6.07) is -0.280. The Labute approximate surface area is 130 Å². The monoisotopic (exact) mass is 329 g/mol. The third-order valence-corrected chi connectivity index (χ3v) is 6.61. The van der Waals surface area contributed by atoms with Gasteiger partial charge in [-0.05, 0) is 19.9 Å². The van der Waals surface area contributed by atoms with Crippen LogP contribution in [0.2, 0.25) is 0 Å². The Morgan fingerprint density at radius 3 is 2.36 bits per heavy atom. The van der Waals surface area contributed by atoms with Gasteiger partial charge in [0.05, 0.1) is 23.3 Å². The molecular formula is C14H23N3O4S. The summed E-state index contributed by atoms with van der Waals surface area (Å²) in [7, 11) is -0.961. The van der Waals surface area contributed by atoms with Gasteiger partial charge in [0.2, 0.25) is 11.8 Å². The van der Waals surface area contributed by atoms with Crippen LogP contribution in [0.3, 0.4) is 0 Å². The van der Waals surface area contributed by atoms with Crippen LogP contribution in [0.1, 0.15) is 12.8 Å². The maximum Gasteiger partial charge on any atom is 0.226 e. The molecule has 3 aliphatic rings. The number of rotatable bonds is 3. The highest BCUT2D eigenvalue weighted by Crippen LogP contribution is 2.40. The zero-order valence-corrected chi connectivity index (χ0v) is 13.6. The maximum atomic E-state index is 12.4. The van der Waals surface area contributed by atoms with Crippen LogP contribution in [0.15, 0.2) is 0 Å². The lowest BCUT2D eigenvalue weighted by Crippen LogP contribution is -2.48. The fraction of sp³-hybridized carbons (Fsp3) is 0.857. The molecule has 3 rings (SSSR count). The van der Waals surface area contributed by atoms with Crippen molar-refractivity contribution in [3.63, 3.8) is 0 Å². The summed E-state index contributed by atoms with van der Waals surface area (Å²) in [5, 5.41) is 2.79. The lowest BCUT2D eigenvalue weighted by molar-refractivity contribution is -0.136. The van der Waals surface area contributed by atoms with Gasteiger partial charge in [0.15, 0.2) is 9.84 Å². The lowest BCUT2D eigenvalue weighted by Gasteiger charge is -2.32. The first-order valence-electron chi connectivity index (χ1n) is 7.84. The number of piperazine rings is 1. The molecule has 1 N–H and O–H groups in total. The summed E-state index contributed by atoms with van der Waals surface area (Å²) < 4.78 is 22.8. The van der Waals surface area contributed by atoms with E-state index in [2.05, 4.69) is 10.2 Å². The number of hydrogen-bond donors (Lipinski definition) is 1. The molecule has 0 aromatic heterocycles. The Morgan fingerprint density at radius 2 is 1.77 bits per heavy atom. The van der Waals surface area contributed by atoms with Gasteiger partial charge in [-0.3, -0.25) is 9.59 Å². The molecule has 0 aromatic carbocycles. The van der Waals surface area contributed by atoms with E-state index in [9.17, 15) is 18.0 Å². The molecule has 0 aromatic rings. The number of carbonyl (C=O) groups is 2. The molecule has 0 spiro atoms. The number of sulfone groups is 1. The molecule has 2 amide bonds. The van der Waals surface area contributed by atoms with Crippen LogP contribution in [0, 0.1) is 11.8 Å². The summed E-state index contributed by atoms with van der Waals surface area (Å²) in [5.41, 5.74) is 0. The molecule has 8 heteroatoms. The zero-order valence-electron chi connectivity index (χ0n) is 12.8. The van der Waals surface area contributed by atoms with Crippen molar-refractivity contribution in [3.8, 4) is 0 Å². The van der Waals surface area contributed by atoms with E-state index < -0.39 is 9.84 Å². The van der Waals surface area contributed by atoms with Gasteiger partial charge in [0.25, 0.3) is 0 Å². The smallest absolute Gasteiger partial charge is 0.226 e. The summed E-state index contributed by atoms with van der Waals surface area (Å²) in [4.78, 5) is 28.5. The molecule has 3 fully saturated rings. The van der Waals surface area contributed by atoms with E-state index in [1.165, 1.54) is 0 Å². The molecule has 2 saturated heterocycles. The van der Waals surface area contributed by atoms with Crippen LogP contribution in [-0.4, -0.2) is 80.8 Å². The third-order valence-electron chi connectivity index (χ3n) is 4.84. The fourth-order valence-electron chi connectivity index (χ4n) is 3.24. The largest absolute Gasteiger partial charge is 0.352 e. The van der Waals surface area contributed by atoms with Crippen LogP contribution in [-0.2, 0) is 19.4 Å². The van der Waals surface area contributed by atoms with Gasteiger partial charge in [-0.1, -0.05) is 0 Å². The lowest BCUT2D eigenvalue weighted by atomic mass is 10.2. The minimum absolute atomic E-state index is 0.0303. The van der Waals surface area contributed by atoms with Crippen molar-refractivity contribution >= 4 is 21.7 Å². The molecule has 7 nitrogen and oxygen atoms in total. The third kappa shape index (κ3) is 3.43. The van der Waals surface area contributed by atoms with E-state index in [0.29, 0.717) is 12.8 Å². The van der Waals surface area contributed by atoms with Crippen molar-refractivity contribution in [2.24, 2.45) is 11.8 Å². The molecule has 2 heterocycles. The Bertz CT molecular complexity index is 569. The average molecular weight is 329 g/mol. The normalized spacial score (nSPS) is 34.4. The van der Waals surface area contributed by atoms with Crippen LogP contribution >= 0.6 is 0 Å². The quantitative estimate of drug-likeness (QED) is 0.695. The molecule has 0 radical (unpaired) electrons. The van der Waals surface area contributed by atoms with E-state index in [-0.39, 0.29) is 41.2 Å². The second kappa shape index (κ2) is 5.81. The highest BCUT2D eigenvalue weighted by atomic mass is 32.2. The second-order valence-electron chi connectivity index (χ2n) is 6.69. The first-order valence-corrected chi connectivity index (χ1v) is 9.66. The van der Waals surface area contributed by atoms with Gasteiger partial charge >= 0.3 is 0 Å². The number of likely N-dealkylation sites (N-methyl/N-ethyl adjacent to an activating group) is 1. The van der Waals surface area contributed by atoms with E-state index in [1.54, 1.807) is 0 Å². The Morgan fingerprint density at radius 1 is 1.09 bits per heavy atom. The van der Waals surface area contributed by atoms with Crippen molar-refractivity contribution in [1.82, 2.24) is 15.1 Å². The standard InChI is InChI=1S/C14H23N3O4S/c1-16-3-5-17(6-4-16)14(19)12-8-11(12)13(18)15-10-2-7-22(20,21)9-10/h10-12H,2-9H2,1H3,(H,15,18). The molecule has 124 valence electrons. The van der Waals surface area contributed by atoms with Crippen LogP contribution in [0.5, 0.6) is 0 Å². The molecular weight excluding hydrogens is 306 g/mol. The van der Waals surface area contributed by atoms with Crippen LogP contribution in [0.4, 0.5) is 0 Å². The predicted molar refractivity (Wildman–Crippen MR) is 80.9 cm³/mol. The number of nitrogens with zero attached hydrogens (tertiary/aromatic N) is 2. The molecule has 3 atom stereocenters. The molecule has 0 bridgehead atoms. The summed E-state index contributed by atoms with van der Waals surface area (Å²) in [6.07, 6.45) is 1.08. The topological polar surface area (TPSA) is 86.8 Å². The minimum atomic E-state index is -2.99. The van der Waals surface area contributed by atoms with Crippen LogP contribution < -0.4 is 5.32 Å². The second-order valence-corrected chi connectivity index (χ2v) is 8.91. The van der Waals surface area contributed by atoms with Gasteiger partial charge in [-0.2, -0.15) is 0 Å². The molecule has 3 unspecified atom stereocenters. The van der Waals surface area contributed by atoms with E-state index >= 15 is 0 Å². The minimum Gasteiger partial charge on any atom is -0.352 e. The van der Waals surface area contributed by atoms with Gasteiger partial charge < -0.3 is 15.1 Å². The number of carbonyl (C=O) groups excluding carboxylic acids is 2. The van der Waals surface area contributed by atoms with Crippen molar-refractivity contribution in [2.45, 2.75) is 18.9 Å². The van der Waals surface area contributed by atoms with E-state index in [4.69, 9.17) is 0 Å². The Balaban J connectivity index is 1.47. The van der Waals surface area contributed by atoms with Crippen molar-refractivity contribution in [1.29, 1.82) is 0 Å². The Kier molecular flexibility index (Phi) is 4.15. The van der Waals surface area contributed by atoms with E-state index in [0.717, 1.165) is 26.2 Å². The first kappa shape index (κ1) is 15.7. The molecule has 1 aliphatic carbocycles. The number of amides is 2. The first-order chi connectivity index (χ1) is 10.4. The summed E-state index contributed by atoms with van der Waals surface area (Å²) in [6.45, 7) is 3.19. The highest BCUT2D eigenvalue weighted by Gasteiger charge is 2.50. The SMILES string of the molecule is CN1CCN(C(=O)C2CC2C(=O)NC2CCS(=O)(=O)C2)CC1. The molecule has 2 aliphatic heterocycles. The summed E-state index contributed by atoms with van der Waals surface area (Å²) in [5.74, 6) is -0.381. The predicted octanol–water partition coefficient (Wildman–Crippen LogP) is -1.30. The van der Waals surface area contributed by atoms with Crippen molar-refractivity contribution < 1.29 is 18.0 Å². The number of nitrogens with one attached hydrogen (secondary N) is 1.